The highest BCUT2D eigenvalue weighted by atomic mass is 35.5. The Labute approximate surface area is 150 Å². The van der Waals surface area contributed by atoms with Gasteiger partial charge in [-0.15, -0.1) is 0 Å². The van der Waals surface area contributed by atoms with Gasteiger partial charge in [-0.05, 0) is 61.4 Å². The summed E-state index contributed by atoms with van der Waals surface area (Å²) in [7, 11) is 0. The van der Waals surface area contributed by atoms with Gasteiger partial charge < -0.3 is 5.32 Å². The molecule has 0 unspecified atom stereocenters. The van der Waals surface area contributed by atoms with Crippen LogP contribution in [0.2, 0.25) is 5.02 Å². The zero-order valence-corrected chi connectivity index (χ0v) is 14.6. The smallest absolute Gasteiger partial charge is 0.157 e. The second-order valence-corrected chi connectivity index (χ2v) is 6.53. The standard InChI is InChI=1S/C20H15ClN4/c1-12-6-7-18-17(8-12)24-20-16(11-22)13(2)9-19(25(18)20)23-15-5-3-4-14(21)10-15/h3-10,23H,1-2H3. The lowest BCUT2D eigenvalue weighted by atomic mass is 10.1. The number of halogens is 1. The van der Waals surface area contributed by atoms with Gasteiger partial charge in [-0.2, -0.15) is 5.26 Å². The third-order valence-electron chi connectivity index (χ3n) is 4.23. The summed E-state index contributed by atoms with van der Waals surface area (Å²) in [6.45, 7) is 3.96. The molecule has 2 heterocycles. The predicted molar refractivity (Wildman–Crippen MR) is 102 cm³/mol. The minimum atomic E-state index is 0.588. The number of fused-ring (bicyclic) bond motifs is 3. The molecular formula is C20H15ClN4. The SMILES string of the molecule is Cc1ccc2c(c1)nc1c(C#N)c(C)cc(Nc3cccc(Cl)c3)n12. The van der Waals surface area contributed by atoms with Gasteiger partial charge >= 0.3 is 0 Å². The van der Waals surface area contributed by atoms with Gasteiger partial charge in [0.25, 0.3) is 0 Å². The van der Waals surface area contributed by atoms with Crippen molar-refractivity contribution in [3.05, 3.63) is 70.2 Å². The molecule has 25 heavy (non-hydrogen) atoms. The zero-order valence-electron chi connectivity index (χ0n) is 13.8. The average Bonchev–Trinajstić information content (AvgIpc) is 2.93. The number of nitrogens with one attached hydrogen (secondary N) is 1. The molecule has 0 saturated carbocycles. The van der Waals surface area contributed by atoms with Crippen molar-refractivity contribution in [3.63, 3.8) is 0 Å². The van der Waals surface area contributed by atoms with Crippen molar-refractivity contribution in [1.29, 1.82) is 5.26 Å². The van der Waals surface area contributed by atoms with Crippen LogP contribution in [0.3, 0.4) is 0 Å². The van der Waals surface area contributed by atoms with Gasteiger partial charge in [0.15, 0.2) is 5.65 Å². The monoisotopic (exact) mass is 346 g/mol. The summed E-state index contributed by atoms with van der Waals surface area (Å²) >= 11 is 6.10. The highest BCUT2D eigenvalue weighted by Crippen LogP contribution is 2.29. The Hall–Kier alpha value is -3.03. The first kappa shape index (κ1) is 15.5. The third-order valence-corrected chi connectivity index (χ3v) is 4.47. The highest BCUT2D eigenvalue weighted by Gasteiger charge is 2.15. The fraction of sp³-hybridized carbons (Fsp3) is 0.100. The number of hydrogen-bond acceptors (Lipinski definition) is 3. The first-order valence-electron chi connectivity index (χ1n) is 7.92. The molecule has 0 fully saturated rings. The first-order valence-corrected chi connectivity index (χ1v) is 8.30. The van der Waals surface area contributed by atoms with E-state index in [9.17, 15) is 5.26 Å². The maximum absolute atomic E-state index is 9.57. The van der Waals surface area contributed by atoms with Crippen molar-refractivity contribution in [2.24, 2.45) is 0 Å². The van der Waals surface area contributed by atoms with E-state index < -0.39 is 0 Å². The van der Waals surface area contributed by atoms with Crippen LogP contribution in [0.1, 0.15) is 16.7 Å². The Kier molecular flexibility index (Phi) is 3.60. The lowest BCUT2D eigenvalue weighted by molar-refractivity contribution is 1.19. The quantitative estimate of drug-likeness (QED) is 0.530. The number of benzene rings is 2. The number of anilines is 2. The number of hydrogen-bond donors (Lipinski definition) is 1. The Morgan fingerprint density at radius 1 is 1.12 bits per heavy atom. The molecule has 0 bridgehead atoms. The van der Waals surface area contributed by atoms with E-state index in [1.54, 1.807) is 0 Å². The molecule has 4 aromatic rings. The maximum Gasteiger partial charge on any atom is 0.157 e. The van der Waals surface area contributed by atoms with Gasteiger partial charge in [0, 0.05) is 10.7 Å². The van der Waals surface area contributed by atoms with Crippen LogP contribution < -0.4 is 5.32 Å². The van der Waals surface area contributed by atoms with Crippen molar-refractivity contribution >= 4 is 39.8 Å². The summed E-state index contributed by atoms with van der Waals surface area (Å²) in [5, 5.41) is 13.6. The molecule has 0 aliphatic heterocycles. The molecule has 0 spiro atoms. The molecule has 1 N–H and O–H groups in total. The predicted octanol–water partition coefficient (Wildman–Crippen LogP) is 5.37. The summed E-state index contributed by atoms with van der Waals surface area (Å²) in [4.78, 5) is 4.70. The van der Waals surface area contributed by atoms with Crippen molar-refractivity contribution in [1.82, 2.24) is 9.38 Å². The van der Waals surface area contributed by atoms with Gasteiger partial charge in [0.2, 0.25) is 0 Å². The molecule has 0 amide bonds. The number of aryl methyl sites for hydroxylation is 2. The summed E-state index contributed by atoms with van der Waals surface area (Å²) in [6.07, 6.45) is 0. The van der Waals surface area contributed by atoms with Crippen LogP contribution in [0.15, 0.2) is 48.5 Å². The van der Waals surface area contributed by atoms with E-state index in [4.69, 9.17) is 16.6 Å². The number of pyridine rings is 1. The number of imidazole rings is 1. The molecule has 0 aliphatic carbocycles. The maximum atomic E-state index is 9.57. The highest BCUT2D eigenvalue weighted by molar-refractivity contribution is 6.30. The van der Waals surface area contributed by atoms with E-state index in [0.29, 0.717) is 16.2 Å². The van der Waals surface area contributed by atoms with Gasteiger partial charge in [-0.3, -0.25) is 4.40 Å². The van der Waals surface area contributed by atoms with Gasteiger partial charge in [0.05, 0.1) is 16.6 Å². The van der Waals surface area contributed by atoms with E-state index in [2.05, 4.69) is 11.4 Å². The fourth-order valence-electron chi connectivity index (χ4n) is 3.06. The number of aromatic nitrogens is 2. The number of nitriles is 1. The van der Waals surface area contributed by atoms with Crippen LogP contribution in [0.25, 0.3) is 16.7 Å². The first-order chi connectivity index (χ1) is 12.1. The Bertz CT molecular complexity index is 1170. The topological polar surface area (TPSA) is 53.1 Å². The average molecular weight is 347 g/mol. The molecule has 0 radical (unpaired) electrons. The van der Waals surface area contributed by atoms with Crippen LogP contribution in [-0.4, -0.2) is 9.38 Å². The van der Waals surface area contributed by atoms with E-state index >= 15 is 0 Å². The third kappa shape index (κ3) is 2.59. The van der Waals surface area contributed by atoms with Crippen molar-refractivity contribution in [2.75, 3.05) is 5.32 Å². The number of rotatable bonds is 2. The minimum Gasteiger partial charge on any atom is -0.341 e. The molecule has 0 atom stereocenters. The summed E-state index contributed by atoms with van der Waals surface area (Å²) in [6, 6.07) is 17.9. The Morgan fingerprint density at radius 2 is 1.96 bits per heavy atom. The minimum absolute atomic E-state index is 0.588. The van der Waals surface area contributed by atoms with Crippen LogP contribution in [-0.2, 0) is 0 Å². The lowest BCUT2D eigenvalue weighted by Crippen LogP contribution is -2.02. The molecule has 0 saturated heterocycles. The molecule has 2 aromatic heterocycles. The largest absolute Gasteiger partial charge is 0.341 e. The normalized spacial score (nSPS) is 11.0. The molecule has 0 aliphatic rings. The Balaban J connectivity index is 2.03. The summed E-state index contributed by atoms with van der Waals surface area (Å²) in [5.74, 6) is 0.847. The fourth-order valence-corrected chi connectivity index (χ4v) is 3.25. The molecule has 4 nitrogen and oxygen atoms in total. The molecular weight excluding hydrogens is 332 g/mol. The van der Waals surface area contributed by atoms with Crippen molar-refractivity contribution < 1.29 is 0 Å². The van der Waals surface area contributed by atoms with Crippen LogP contribution in [0.5, 0.6) is 0 Å². The Morgan fingerprint density at radius 3 is 2.72 bits per heavy atom. The van der Waals surface area contributed by atoms with E-state index in [-0.39, 0.29) is 0 Å². The number of nitrogens with zero attached hydrogens (tertiary/aromatic N) is 3. The molecule has 2 aromatic carbocycles. The molecule has 122 valence electrons. The van der Waals surface area contributed by atoms with E-state index in [1.165, 1.54) is 0 Å². The zero-order chi connectivity index (χ0) is 17.6. The molecule has 5 heteroatoms. The van der Waals surface area contributed by atoms with E-state index in [1.807, 2.05) is 66.8 Å². The van der Waals surface area contributed by atoms with Gasteiger partial charge in [-0.1, -0.05) is 23.7 Å². The van der Waals surface area contributed by atoms with Crippen LogP contribution in [0, 0.1) is 25.2 Å². The second kappa shape index (κ2) is 5.80. The second-order valence-electron chi connectivity index (χ2n) is 6.10. The van der Waals surface area contributed by atoms with E-state index in [0.717, 1.165) is 33.7 Å². The molecule has 4 rings (SSSR count). The summed E-state index contributed by atoms with van der Waals surface area (Å²) < 4.78 is 1.99. The van der Waals surface area contributed by atoms with Crippen molar-refractivity contribution in [3.8, 4) is 6.07 Å². The van der Waals surface area contributed by atoms with Crippen LogP contribution in [0.4, 0.5) is 11.5 Å². The van der Waals surface area contributed by atoms with Gasteiger partial charge in [0.1, 0.15) is 11.9 Å². The lowest BCUT2D eigenvalue weighted by Gasteiger charge is -2.12. The van der Waals surface area contributed by atoms with Crippen molar-refractivity contribution in [2.45, 2.75) is 13.8 Å². The van der Waals surface area contributed by atoms with Crippen LogP contribution >= 0.6 is 11.6 Å². The van der Waals surface area contributed by atoms with Gasteiger partial charge in [-0.25, -0.2) is 4.98 Å². The summed E-state index contributed by atoms with van der Waals surface area (Å²) in [5.41, 5.74) is 5.98.